The molecular weight excluding hydrogens is 471 g/mol. The van der Waals surface area contributed by atoms with Gasteiger partial charge in [-0.2, -0.15) is 0 Å². The second-order valence-corrected chi connectivity index (χ2v) is 7.59. The summed E-state index contributed by atoms with van der Waals surface area (Å²) in [4.78, 5) is 30.0. The average molecular weight is 482 g/mol. The van der Waals surface area contributed by atoms with Gasteiger partial charge in [0.2, 0.25) is 0 Å². The average Bonchev–Trinajstić information content (AvgIpc) is 3.18. The van der Waals surface area contributed by atoms with Crippen LogP contribution in [0.1, 0.15) is 5.76 Å². The van der Waals surface area contributed by atoms with Gasteiger partial charge < -0.3 is 9.32 Å². The number of nitro groups is 1. The quantitative estimate of drug-likeness (QED) is 0.323. The zero-order chi connectivity index (χ0) is 18.3. The molecule has 0 aliphatic carbocycles. The molecule has 0 saturated heterocycles. The molecule has 1 aromatic carbocycles. The Morgan fingerprint density at radius 1 is 1.27 bits per heavy atom. The Morgan fingerprint density at radius 2 is 2.04 bits per heavy atom. The van der Waals surface area contributed by atoms with Crippen LogP contribution in [0.5, 0.6) is 0 Å². The fourth-order valence-electron chi connectivity index (χ4n) is 2.60. The van der Waals surface area contributed by atoms with Crippen molar-refractivity contribution in [1.29, 1.82) is 0 Å². The lowest BCUT2D eigenvalue weighted by atomic mass is 10.2. The van der Waals surface area contributed by atoms with Crippen LogP contribution in [0.2, 0.25) is 0 Å². The first kappa shape index (κ1) is 17.0. The number of hydrogen-bond acceptors (Lipinski definition) is 7. The number of fused-ring (bicyclic) bond motifs is 1. The zero-order valence-electron chi connectivity index (χ0n) is 13.2. The van der Waals surface area contributed by atoms with Crippen molar-refractivity contribution >= 4 is 51.4 Å². The van der Waals surface area contributed by atoms with Crippen molar-refractivity contribution in [2.24, 2.45) is 4.99 Å². The maximum absolute atomic E-state index is 12.7. The molecular formula is C16H11IN4O4S. The Bertz CT molecular complexity index is 1160. The van der Waals surface area contributed by atoms with Gasteiger partial charge in [-0.25, -0.2) is 4.99 Å². The highest BCUT2D eigenvalue weighted by Crippen LogP contribution is 2.20. The summed E-state index contributed by atoms with van der Waals surface area (Å²) >= 11 is 3.39. The summed E-state index contributed by atoms with van der Waals surface area (Å²) in [6, 6.07) is 9.85. The van der Waals surface area contributed by atoms with Gasteiger partial charge in [0.1, 0.15) is 19.1 Å². The normalized spacial score (nSPS) is 14.2. The predicted molar refractivity (Wildman–Crippen MR) is 105 cm³/mol. The number of rotatable bonds is 3. The van der Waals surface area contributed by atoms with E-state index in [-0.39, 0.29) is 11.2 Å². The van der Waals surface area contributed by atoms with Crippen molar-refractivity contribution in [1.82, 2.24) is 4.57 Å². The van der Waals surface area contributed by atoms with E-state index < -0.39 is 4.92 Å². The molecule has 10 heteroatoms. The molecule has 0 unspecified atom stereocenters. The minimum absolute atomic E-state index is 0.0288. The Hall–Kier alpha value is -2.47. The number of thiazole rings is 1. The van der Waals surface area contributed by atoms with Crippen LogP contribution in [0.15, 0.2) is 50.6 Å². The van der Waals surface area contributed by atoms with E-state index in [0.29, 0.717) is 28.4 Å². The molecule has 3 heterocycles. The summed E-state index contributed by atoms with van der Waals surface area (Å²) < 4.78 is 8.39. The predicted octanol–water partition coefficient (Wildman–Crippen LogP) is 1.90. The minimum Gasteiger partial charge on any atom is -0.451 e. The number of benzene rings is 1. The molecule has 4 rings (SSSR count). The van der Waals surface area contributed by atoms with E-state index in [9.17, 15) is 14.9 Å². The highest BCUT2D eigenvalue weighted by atomic mass is 127. The summed E-state index contributed by atoms with van der Waals surface area (Å²) in [6.45, 7) is 0.728. The molecule has 8 nitrogen and oxygen atoms in total. The first-order chi connectivity index (χ1) is 12.5. The third-order valence-corrected chi connectivity index (χ3v) is 5.49. The Labute approximate surface area is 164 Å². The van der Waals surface area contributed by atoms with Gasteiger partial charge in [-0.1, -0.05) is 11.3 Å². The minimum atomic E-state index is -0.441. The second-order valence-electron chi connectivity index (χ2n) is 5.52. The molecule has 26 heavy (non-hydrogen) atoms. The Kier molecular flexibility index (Phi) is 4.36. The molecule has 0 bridgehead atoms. The van der Waals surface area contributed by atoms with Gasteiger partial charge in [0, 0.05) is 23.9 Å². The molecule has 0 N–H and O–H groups in total. The van der Waals surface area contributed by atoms with Crippen molar-refractivity contribution in [2.45, 2.75) is 6.67 Å². The smallest absolute Gasteiger partial charge is 0.271 e. The highest BCUT2D eigenvalue weighted by Gasteiger charge is 2.17. The topological polar surface area (TPSA) is 93.9 Å². The van der Waals surface area contributed by atoms with Crippen LogP contribution in [0.3, 0.4) is 0 Å². The van der Waals surface area contributed by atoms with Crippen LogP contribution in [0.25, 0.3) is 6.08 Å². The van der Waals surface area contributed by atoms with Crippen LogP contribution in [-0.2, 0) is 6.67 Å². The molecule has 0 fully saturated rings. The summed E-state index contributed by atoms with van der Waals surface area (Å²) in [5.41, 5.74) is 0.669. The van der Waals surface area contributed by atoms with Crippen LogP contribution < -0.4 is 19.8 Å². The number of furan rings is 1. The Balaban J connectivity index is 1.66. The summed E-state index contributed by atoms with van der Waals surface area (Å²) in [5, 5.41) is 10.8. The standard InChI is InChI=1S/C16H11IN4O4S/c17-14-6-5-12(25-14)7-13-15(22)20-9-19(8-18-16(20)26-13)10-1-3-11(4-2-10)21(23)24/h1-7H,8-9H2. The molecule has 0 amide bonds. The number of nitrogens with zero attached hydrogens (tertiary/aromatic N) is 4. The van der Waals surface area contributed by atoms with Gasteiger partial charge in [-0.05, 0) is 46.9 Å². The van der Waals surface area contributed by atoms with Crippen LogP contribution >= 0.6 is 33.9 Å². The summed E-state index contributed by atoms with van der Waals surface area (Å²) in [5.74, 6) is 0.623. The molecule has 132 valence electrons. The fourth-order valence-corrected chi connectivity index (χ4v) is 3.97. The second kappa shape index (κ2) is 6.68. The van der Waals surface area contributed by atoms with Gasteiger partial charge in [-0.15, -0.1) is 0 Å². The molecule has 0 atom stereocenters. The van der Waals surface area contributed by atoms with Gasteiger partial charge >= 0.3 is 0 Å². The maximum Gasteiger partial charge on any atom is 0.271 e. The molecule has 0 radical (unpaired) electrons. The zero-order valence-corrected chi connectivity index (χ0v) is 16.1. The van der Waals surface area contributed by atoms with Crippen LogP contribution in [-0.4, -0.2) is 16.2 Å². The third kappa shape index (κ3) is 3.17. The lowest BCUT2D eigenvalue weighted by molar-refractivity contribution is -0.384. The lowest BCUT2D eigenvalue weighted by Gasteiger charge is -2.25. The largest absolute Gasteiger partial charge is 0.451 e. The maximum atomic E-state index is 12.7. The molecule has 3 aromatic rings. The van der Waals surface area contributed by atoms with Gasteiger partial charge in [0.25, 0.3) is 11.2 Å². The van der Waals surface area contributed by atoms with Crippen molar-refractivity contribution < 1.29 is 9.34 Å². The monoisotopic (exact) mass is 482 g/mol. The van der Waals surface area contributed by atoms with E-state index in [1.165, 1.54) is 23.5 Å². The molecule has 1 aliphatic heterocycles. The van der Waals surface area contributed by atoms with Gasteiger partial charge in [0.15, 0.2) is 8.57 Å². The van der Waals surface area contributed by atoms with E-state index in [0.717, 1.165) is 9.45 Å². The lowest BCUT2D eigenvalue weighted by Crippen LogP contribution is -2.42. The van der Waals surface area contributed by atoms with Crippen molar-refractivity contribution in [3.8, 4) is 0 Å². The molecule has 1 aliphatic rings. The summed E-state index contributed by atoms with van der Waals surface area (Å²) in [7, 11) is 0. The van der Waals surface area contributed by atoms with E-state index >= 15 is 0 Å². The van der Waals surface area contributed by atoms with E-state index in [4.69, 9.17) is 4.42 Å². The molecule has 2 aromatic heterocycles. The van der Waals surface area contributed by atoms with Gasteiger partial charge in [-0.3, -0.25) is 19.5 Å². The number of hydrogen-bond donors (Lipinski definition) is 0. The van der Waals surface area contributed by atoms with Crippen LogP contribution in [0.4, 0.5) is 11.4 Å². The van der Waals surface area contributed by atoms with Crippen molar-refractivity contribution in [3.63, 3.8) is 0 Å². The van der Waals surface area contributed by atoms with E-state index in [1.807, 2.05) is 17.0 Å². The highest BCUT2D eigenvalue weighted by molar-refractivity contribution is 14.1. The number of non-ortho nitro benzene ring substituents is 1. The first-order valence-corrected chi connectivity index (χ1v) is 9.41. The fraction of sp³-hybridized carbons (Fsp3) is 0.125. The van der Waals surface area contributed by atoms with Gasteiger partial charge in [0.05, 0.1) is 9.46 Å². The molecule has 0 spiro atoms. The number of anilines is 1. The van der Waals surface area contributed by atoms with E-state index in [1.54, 1.807) is 22.8 Å². The Morgan fingerprint density at radius 3 is 2.69 bits per heavy atom. The summed E-state index contributed by atoms with van der Waals surface area (Å²) in [6.07, 6.45) is 1.71. The number of aromatic nitrogens is 1. The first-order valence-electron chi connectivity index (χ1n) is 7.52. The molecule has 0 saturated carbocycles. The van der Waals surface area contributed by atoms with Crippen molar-refractivity contribution in [3.05, 3.63) is 75.7 Å². The third-order valence-electron chi connectivity index (χ3n) is 3.87. The number of halogens is 1. The number of nitro benzene ring substituents is 1. The van der Waals surface area contributed by atoms with Crippen LogP contribution in [0, 0.1) is 13.9 Å². The SMILES string of the molecule is O=c1c(=Cc2ccc(I)o2)sc2n1CN(c1ccc([N+](=O)[O-])cc1)CN=2. The van der Waals surface area contributed by atoms with Crippen molar-refractivity contribution in [2.75, 3.05) is 11.6 Å². The van der Waals surface area contributed by atoms with E-state index in [2.05, 4.69) is 27.6 Å².